The molecule has 1 aromatic heterocycles. The molecule has 1 heterocycles. The number of nitrogens with zero attached hydrogens (tertiary/aromatic N) is 1. The first-order valence-electron chi connectivity index (χ1n) is 5.40. The van der Waals surface area contributed by atoms with Gasteiger partial charge in [0.25, 0.3) is 6.43 Å². The lowest BCUT2D eigenvalue weighted by Gasteiger charge is -2.17. The van der Waals surface area contributed by atoms with E-state index in [4.69, 9.17) is 5.11 Å². The lowest BCUT2D eigenvalue weighted by molar-refractivity contribution is -0.144. The molecule has 0 aliphatic rings. The van der Waals surface area contributed by atoms with E-state index in [1.165, 1.54) is 6.92 Å². The molecule has 0 aromatic carbocycles. The Morgan fingerprint density at radius 1 is 1.45 bits per heavy atom. The average Bonchev–Trinajstić information content (AvgIpc) is 2.29. The second kappa shape index (κ2) is 6.02. The fourth-order valence-corrected chi connectivity index (χ4v) is 1.58. The Bertz CT molecular complexity index is 502. The van der Waals surface area contributed by atoms with E-state index >= 15 is 0 Å². The molecule has 1 N–H and O–H groups in total. The highest BCUT2D eigenvalue weighted by Gasteiger charge is 2.41. The molecule has 0 radical (unpaired) electrons. The van der Waals surface area contributed by atoms with Gasteiger partial charge in [0.2, 0.25) is 0 Å². The molecule has 1 aromatic rings. The van der Waals surface area contributed by atoms with Crippen molar-refractivity contribution in [2.75, 3.05) is 6.61 Å². The third-order valence-corrected chi connectivity index (χ3v) is 2.30. The lowest BCUT2D eigenvalue weighted by Crippen LogP contribution is -2.18. The van der Waals surface area contributed by atoms with Crippen molar-refractivity contribution in [3.05, 3.63) is 23.0 Å². The molecule has 20 heavy (non-hydrogen) atoms. The molecule has 0 aliphatic carbocycles. The standard InChI is InChI=1S/C11H10F5NO3/c1-2-20-7(19)3-5-9(11(14,15)16)8(10(12)13)6(18)4-17-5/h4,10,18H,2-3H2,1H3. The van der Waals surface area contributed by atoms with Gasteiger partial charge in [0.05, 0.1) is 36.0 Å². The summed E-state index contributed by atoms with van der Waals surface area (Å²) < 4.78 is 68.4. The molecule has 0 atom stereocenters. The summed E-state index contributed by atoms with van der Waals surface area (Å²) in [5, 5.41) is 9.13. The number of alkyl halides is 5. The number of rotatable bonds is 4. The van der Waals surface area contributed by atoms with Gasteiger partial charge in [-0.15, -0.1) is 0 Å². The van der Waals surface area contributed by atoms with Crippen LogP contribution < -0.4 is 0 Å². The van der Waals surface area contributed by atoms with E-state index in [2.05, 4.69) is 9.72 Å². The SMILES string of the molecule is CCOC(=O)Cc1ncc(O)c(C(F)F)c1C(F)(F)F. The smallest absolute Gasteiger partial charge is 0.418 e. The number of hydrogen-bond donors (Lipinski definition) is 1. The fourth-order valence-electron chi connectivity index (χ4n) is 1.58. The minimum absolute atomic E-state index is 0.0695. The van der Waals surface area contributed by atoms with E-state index < -0.39 is 47.6 Å². The topological polar surface area (TPSA) is 59.4 Å². The Morgan fingerprint density at radius 3 is 2.50 bits per heavy atom. The molecule has 4 nitrogen and oxygen atoms in total. The van der Waals surface area contributed by atoms with Crippen LogP contribution in [0.3, 0.4) is 0 Å². The van der Waals surface area contributed by atoms with E-state index in [9.17, 15) is 26.7 Å². The fraction of sp³-hybridized carbons (Fsp3) is 0.455. The number of carbonyl (C=O) groups excluding carboxylic acids is 1. The van der Waals surface area contributed by atoms with Gasteiger partial charge >= 0.3 is 12.1 Å². The highest BCUT2D eigenvalue weighted by atomic mass is 19.4. The van der Waals surface area contributed by atoms with Gasteiger partial charge in [-0.25, -0.2) is 8.78 Å². The van der Waals surface area contributed by atoms with Crippen LogP contribution in [0.4, 0.5) is 22.0 Å². The predicted molar refractivity (Wildman–Crippen MR) is 56.2 cm³/mol. The molecule has 0 bridgehead atoms. The molecule has 0 amide bonds. The second-order valence-electron chi connectivity index (χ2n) is 3.66. The van der Waals surface area contributed by atoms with Crippen LogP contribution in [0.1, 0.15) is 30.2 Å². The predicted octanol–water partition coefficient (Wildman–Crippen LogP) is 2.85. The number of ether oxygens (including phenoxy) is 1. The van der Waals surface area contributed by atoms with Gasteiger partial charge in [0.1, 0.15) is 5.75 Å². The summed E-state index contributed by atoms with van der Waals surface area (Å²) in [5.41, 5.74) is -4.31. The van der Waals surface area contributed by atoms with Crippen LogP contribution in [0.5, 0.6) is 5.75 Å². The number of aromatic hydroxyl groups is 1. The van der Waals surface area contributed by atoms with Crippen molar-refractivity contribution in [3.63, 3.8) is 0 Å². The Labute approximate surface area is 110 Å². The monoisotopic (exact) mass is 299 g/mol. The van der Waals surface area contributed by atoms with Crippen molar-refractivity contribution >= 4 is 5.97 Å². The van der Waals surface area contributed by atoms with E-state index in [0.717, 1.165) is 0 Å². The zero-order valence-corrected chi connectivity index (χ0v) is 10.2. The number of pyridine rings is 1. The first-order chi connectivity index (χ1) is 9.18. The molecule has 0 saturated heterocycles. The van der Waals surface area contributed by atoms with Crippen molar-refractivity contribution in [3.8, 4) is 5.75 Å². The van der Waals surface area contributed by atoms with Gasteiger partial charge in [0, 0.05) is 0 Å². The summed E-state index contributed by atoms with van der Waals surface area (Å²) in [6, 6.07) is 0. The van der Waals surface area contributed by atoms with E-state index in [1.54, 1.807) is 0 Å². The first kappa shape index (κ1) is 16.1. The Hall–Kier alpha value is -1.93. The highest BCUT2D eigenvalue weighted by molar-refractivity contribution is 5.72. The third kappa shape index (κ3) is 3.55. The van der Waals surface area contributed by atoms with Gasteiger partial charge in [-0.3, -0.25) is 9.78 Å². The van der Waals surface area contributed by atoms with Crippen molar-refractivity contribution in [2.45, 2.75) is 25.9 Å². The van der Waals surface area contributed by atoms with Gasteiger partial charge in [-0.2, -0.15) is 13.2 Å². The van der Waals surface area contributed by atoms with Crippen LogP contribution in [-0.4, -0.2) is 22.7 Å². The summed E-state index contributed by atoms with van der Waals surface area (Å²) in [7, 11) is 0. The van der Waals surface area contributed by atoms with Gasteiger partial charge in [0.15, 0.2) is 0 Å². The number of hydrogen-bond acceptors (Lipinski definition) is 4. The van der Waals surface area contributed by atoms with Crippen LogP contribution in [0.15, 0.2) is 6.20 Å². The number of halogens is 5. The molecule has 0 saturated carbocycles. The van der Waals surface area contributed by atoms with Crippen LogP contribution in [-0.2, 0) is 22.1 Å². The minimum atomic E-state index is -5.18. The van der Waals surface area contributed by atoms with Gasteiger partial charge in [-0.05, 0) is 6.92 Å². The summed E-state index contributed by atoms with van der Waals surface area (Å²) in [5.74, 6) is -2.31. The zero-order valence-electron chi connectivity index (χ0n) is 10.2. The first-order valence-corrected chi connectivity index (χ1v) is 5.40. The Morgan fingerprint density at radius 2 is 2.05 bits per heavy atom. The molecule has 0 spiro atoms. The second-order valence-corrected chi connectivity index (χ2v) is 3.66. The van der Waals surface area contributed by atoms with Crippen LogP contribution >= 0.6 is 0 Å². The highest BCUT2D eigenvalue weighted by Crippen LogP contribution is 2.42. The van der Waals surface area contributed by atoms with Crippen molar-refractivity contribution in [1.82, 2.24) is 4.98 Å². The minimum Gasteiger partial charge on any atom is -0.506 e. The number of carbonyl (C=O) groups is 1. The van der Waals surface area contributed by atoms with E-state index in [0.29, 0.717) is 6.20 Å². The third-order valence-electron chi connectivity index (χ3n) is 2.30. The van der Waals surface area contributed by atoms with Gasteiger partial charge in [-0.1, -0.05) is 0 Å². The maximum absolute atomic E-state index is 12.8. The average molecular weight is 299 g/mol. The number of esters is 1. The quantitative estimate of drug-likeness (QED) is 0.686. The zero-order chi connectivity index (χ0) is 15.5. The summed E-state index contributed by atoms with van der Waals surface area (Å²) >= 11 is 0. The molecule has 0 fully saturated rings. The number of aromatic nitrogens is 1. The molecular weight excluding hydrogens is 289 g/mol. The molecule has 112 valence electrons. The summed E-state index contributed by atoms with van der Waals surface area (Å²) in [6.07, 6.45) is -9.21. The summed E-state index contributed by atoms with van der Waals surface area (Å²) in [4.78, 5) is 14.4. The van der Waals surface area contributed by atoms with E-state index in [1.807, 2.05) is 0 Å². The molecule has 0 unspecified atom stereocenters. The van der Waals surface area contributed by atoms with Gasteiger partial charge < -0.3 is 9.84 Å². The maximum Gasteiger partial charge on any atom is 0.418 e. The van der Waals surface area contributed by atoms with Crippen LogP contribution in [0.25, 0.3) is 0 Å². The van der Waals surface area contributed by atoms with Crippen molar-refractivity contribution < 1.29 is 36.6 Å². The lowest BCUT2D eigenvalue weighted by atomic mass is 10.0. The Kier molecular flexibility index (Phi) is 4.85. The molecule has 9 heteroatoms. The van der Waals surface area contributed by atoms with E-state index in [-0.39, 0.29) is 6.61 Å². The van der Waals surface area contributed by atoms with Crippen LogP contribution in [0, 0.1) is 0 Å². The van der Waals surface area contributed by atoms with Crippen molar-refractivity contribution in [2.24, 2.45) is 0 Å². The maximum atomic E-state index is 12.8. The normalized spacial score (nSPS) is 11.8. The molecule has 1 rings (SSSR count). The summed E-state index contributed by atoms with van der Waals surface area (Å²) in [6.45, 7) is 1.37. The molecular formula is C11H10F5NO3. The van der Waals surface area contributed by atoms with Crippen molar-refractivity contribution in [1.29, 1.82) is 0 Å². The Balaban J connectivity index is 3.38. The molecule has 0 aliphatic heterocycles. The largest absolute Gasteiger partial charge is 0.506 e. The van der Waals surface area contributed by atoms with Crippen LogP contribution in [0.2, 0.25) is 0 Å².